The molecule has 0 fully saturated rings. The van der Waals surface area contributed by atoms with Gasteiger partial charge in [-0.2, -0.15) is 13.2 Å². The maximum atomic E-state index is 12.3. The van der Waals surface area contributed by atoms with Gasteiger partial charge in [-0.1, -0.05) is 38.1 Å². The smallest absolute Gasteiger partial charge is 0.339 e. The summed E-state index contributed by atoms with van der Waals surface area (Å²) in [6.07, 6.45) is -6.75. The minimum Gasteiger partial charge on any atom is -0.339 e. The molecule has 0 amide bonds. The van der Waals surface area contributed by atoms with Gasteiger partial charge in [0.2, 0.25) is 6.29 Å². The Morgan fingerprint density at radius 2 is 1.86 bits per heavy atom. The minimum absolute atomic E-state index is 0.0619. The molecule has 1 N–H and O–H groups in total. The van der Waals surface area contributed by atoms with Crippen molar-refractivity contribution in [2.75, 3.05) is 6.61 Å². The quantitative estimate of drug-likeness (QED) is 0.678. The van der Waals surface area contributed by atoms with Crippen LogP contribution in [-0.2, 0) is 14.4 Å². The fraction of sp³-hybridized carbons (Fsp3) is 0.571. The summed E-state index contributed by atoms with van der Waals surface area (Å²) in [5.41, 5.74) is 1.28. The average molecular weight is 306 g/mol. The lowest BCUT2D eigenvalue weighted by Gasteiger charge is -2.38. The Kier molecular flexibility index (Phi) is 4.88. The monoisotopic (exact) mass is 306 g/mol. The molecule has 21 heavy (non-hydrogen) atoms. The number of hydrogen-bond donors (Lipinski definition) is 1. The van der Waals surface area contributed by atoms with E-state index in [2.05, 4.69) is 4.89 Å². The molecule has 0 unspecified atom stereocenters. The van der Waals surface area contributed by atoms with E-state index in [0.29, 0.717) is 5.56 Å². The lowest BCUT2D eigenvalue weighted by molar-refractivity contribution is -0.392. The fourth-order valence-corrected chi connectivity index (χ4v) is 2.52. The van der Waals surface area contributed by atoms with Crippen molar-refractivity contribution >= 4 is 0 Å². The van der Waals surface area contributed by atoms with Gasteiger partial charge >= 0.3 is 6.18 Å². The van der Waals surface area contributed by atoms with Crippen LogP contribution in [0.2, 0.25) is 0 Å². The molecule has 0 saturated carbocycles. The van der Waals surface area contributed by atoms with E-state index in [-0.39, 0.29) is 11.8 Å². The van der Waals surface area contributed by atoms with Crippen LogP contribution in [0.3, 0.4) is 0 Å². The van der Waals surface area contributed by atoms with Crippen molar-refractivity contribution < 1.29 is 32.8 Å². The van der Waals surface area contributed by atoms with Crippen molar-refractivity contribution in [2.45, 2.75) is 38.5 Å². The Hall–Kier alpha value is -1.15. The minimum atomic E-state index is -4.46. The van der Waals surface area contributed by atoms with E-state index in [1.165, 1.54) is 0 Å². The molecule has 0 radical (unpaired) electrons. The Morgan fingerprint density at radius 1 is 1.24 bits per heavy atom. The predicted octanol–water partition coefficient (Wildman–Crippen LogP) is 3.85. The third kappa shape index (κ3) is 3.74. The Labute approximate surface area is 120 Å². The molecule has 1 aliphatic heterocycles. The Balaban J connectivity index is 2.30. The highest BCUT2D eigenvalue weighted by Crippen LogP contribution is 2.42. The summed E-state index contributed by atoms with van der Waals surface area (Å²) in [5.74, 6) is -0.233. The molecule has 0 saturated heterocycles. The topological polar surface area (TPSA) is 47.9 Å². The summed E-state index contributed by atoms with van der Waals surface area (Å²) in [5, 5.41) is 8.98. The first kappa shape index (κ1) is 16.2. The second-order valence-corrected chi connectivity index (χ2v) is 5.27. The van der Waals surface area contributed by atoms with Crippen LogP contribution in [0.5, 0.6) is 0 Å². The fourth-order valence-electron chi connectivity index (χ4n) is 2.52. The lowest BCUT2D eigenvalue weighted by Crippen LogP contribution is -2.37. The van der Waals surface area contributed by atoms with Gasteiger partial charge in [-0.05, 0) is 11.5 Å². The van der Waals surface area contributed by atoms with Crippen molar-refractivity contribution in [3.8, 4) is 0 Å². The van der Waals surface area contributed by atoms with Crippen molar-refractivity contribution in [3.05, 3.63) is 35.4 Å². The van der Waals surface area contributed by atoms with Crippen molar-refractivity contribution in [1.82, 2.24) is 0 Å². The van der Waals surface area contributed by atoms with Gasteiger partial charge in [0.05, 0.1) is 0 Å². The summed E-state index contributed by atoms with van der Waals surface area (Å²) >= 11 is 0. The number of fused-ring (bicyclic) bond motifs is 1. The van der Waals surface area contributed by atoms with Crippen molar-refractivity contribution in [3.63, 3.8) is 0 Å². The number of alkyl halides is 3. The highest BCUT2D eigenvalue weighted by Gasteiger charge is 2.40. The summed E-state index contributed by atoms with van der Waals surface area (Å²) in [6.45, 7) is 2.39. The third-order valence-electron chi connectivity index (χ3n) is 3.38. The van der Waals surface area contributed by atoms with Gasteiger partial charge in [-0.3, -0.25) is 0 Å². The highest BCUT2D eigenvalue weighted by atomic mass is 19.4. The molecular weight excluding hydrogens is 289 g/mol. The van der Waals surface area contributed by atoms with E-state index in [1.807, 2.05) is 13.8 Å². The van der Waals surface area contributed by atoms with Crippen LogP contribution in [0.4, 0.5) is 13.2 Å². The summed E-state index contributed by atoms with van der Waals surface area (Å²) in [6, 6.07) is 6.90. The third-order valence-corrected chi connectivity index (χ3v) is 3.38. The van der Waals surface area contributed by atoms with Crippen molar-refractivity contribution in [1.29, 1.82) is 0 Å². The molecule has 0 aliphatic carbocycles. The molecule has 2 rings (SSSR count). The number of rotatable bonds is 4. The largest absolute Gasteiger partial charge is 0.411 e. The number of benzene rings is 1. The second kappa shape index (κ2) is 6.31. The molecule has 0 aromatic heterocycles. The van der Waals surface area contributed by atoms with E-state index in [0.717, 1.165) is 5.56 Å². The highest BCUT2D eigenvalue weighted by molar-refractivity contribution is 5.34. The van der Waals surface area contributed by atoms with Gasteiger partial charge in [-0.15, -0.1) is 0 Å². The van der Waals surface area contributed by atoms with Crippen LogP contribution < -0.4 is 0 Å². The average Bonchev–Trinajstić information content (AvgIpc) is 2.42. The molecule has 7 heteroatoms. The van der Waals surface area contributed by atoms with E-state index < -0.39 is 25.4 Å². The molecule has 4 nitrogen and oxygen atoms in total. The van der Waals surface area contributed by atoms with Crippen LogP contribution in [0.1, 0.15) is 37.2 Å². The van der Waals surface area contributed by atoms with E-state index in [1.54, 1.807) is 24.3 Å². The molecule has 0 spiro atoms. The zero-order chi connectivity index (χ0) is 15.6. The van der Waals surface area contributed by atoms with Crippen LogP contribution in [0.15, 0.2) is 24.3 Å². The SMILES string of the molecule is CC(C)[C@H]1c2ccccc2[C@H](OCC(F)(F)F)O[C@@H]1OO. The first-order valence-corrected chi connectivity index (χ1v) is 6.56. The molecule has 3 atom stereocenters. The Morgan fingerprint density at radius 3 is 2.38 bits per heavy atom. The number of ether oxygens (including phenoxy) is 2. The lowest BCUT2D eigenvalue weighted by atomic mass is 9.83. The van der Waals surface area contributed by atoms with E-state index >= 15 is 0 Å². The van der Waals surface area contributed by atoms with E-state index in [9.17, 15) is 13.2 Å². The predicted molar refractivity (Wildman–Crippen MR) is 67.4 cm³/mol. The molecule has 1 aliphatic rings. The number of halogens is 3. The number of hydrogen-bond acceptors (Lipinski definition) is 4. The molecule has 0 bridgehead atoms. The van der Waals surface area contributed by atoms with Gasteiger partial charge in [0.15, 0.2) is 6.29 Å². The molecule has 118 valence electrons. The molecule has 1 aromatic rings. The van der Waals surface area contributed by atoms with Crippen LogP contribution in [0.25, 0.3) is 0 Å². The maximum absolute atomic E-state index is 12.3. The first-order valence-electron chi connectivity index (χ1n) is 6.56. The second-order valence-electron chi connectivity index (χ2n) is 5.27. The summed E-state index contributed by atoms with van der Waals surface area (Å²) in [4.78, 5) is 4.30. The molecule has 1 aromatic carbocycles. The van der Waals surface area contributed by atoms with Gasteiger partial charge < -0.3 is 9.47 Å². The first-order chi connectivity index (χ1) is 9.83. The normalized spacial score (nSPS) is 26.0. The van der Waals surface area contributed by atoms with E-state index in [4.69, 9.17) is 14.7 Å². The zero-order valence-corrected chi connectivity index (χ0v) is 11.6. The maximum Gasteiger partial charge on any atom is 0.411 e. The van der Waals surface area contributed by atoms with Crippen LogP contribution >= 0.6 is 0 Å². The van der Waals surface area contributed by atoms with Crippen molar-refractivity contribution in [2.24, 2.45) is 5.92 Å². The van der Waals surface area contributed by atoms with Crippen LogP contribution in [0, 0.1) is 5.92 Å². The Bertz CT molecular complexity index is 476. The standard InChI is InChI=1S/C14H17F3O4/c1-8(2)11-9-5-3-4-6-10(9)12(20-13(11)21-18)19-7-14(15,16)17/h3-6,8,11-13,18H,7H2,1-2H3/t11-,12+,13+/m0/s1. The molecule has 1 heterocycles. The van der Waals surface area contributed by atoms with Gasteiger partial charge in [-0.25, -0.2) is 10.1 Å². The summed E-state index contributed by atoms with van der Waals surface area (Å²) < 4.78 is 47.1. The summed E-state index contributed by atoms with van der Waals surface area (Å²) in [7, 11) is 0. The molecular formula is C14H17F3O4. The van der Waals surface area contributed by atoms with Gasteiger partial charge in [0, 0.05) is 11.5 Å². The van der Waals surface area contributed by atoms with Gasteiger partial charge in [0.25, 0.3) is 0 Å². The van der Waals surface area contributed by atoms with Gasteiger partial charge in [0.1, 0.15) is 6.61 Å². The zero-order valence-electron chi connectivity index (χ0n) is 11.6. The van der Waals surface area contributed by atoms with Crippen LogP contribution in [-0.4, -0.2) is 24.3 Å².